The second kappa shape index (κ2) is 9.77. The van der Waals surface area contributed by atoms with E-state index in [1.165, 1.54) is 31.5 Å². The number of hydrogen-bond donors (Lipinski definition) is 2. The van der Waals surface area contributed by atoms with E-state index in [9.17, 15) is 18.4 Å². The monoisotopic (exact) mass is 490 g/mol. The molecule has 0 atom stereocenters. The SMILES string of the molecule is COC(=O)c1c(NC(=O)C2CC2)c2cc(NCc3c(F)cccc3F)cnc2n1Cc1ccccc1. The lowest BCUT2D eigenvalue weighted by molar-refractivity contribution is -0.117. The van der Waals surface area contributed by atoms with E-state index in [0.29, 0.717) is 29.0 Å². The Morgan fingerprint density at radius 3 is 2.47 bits per heavy atom. The molecule has 0 bridgehead atoms. The van der Waals surface area contributed by atoms with Gasteiger partial charge in [0.15, 0.2) is 5.69 Å². The zero-order valence-electron chi connectivity index (χ0n) is 19.6. The van der Waals surface area contributed by atoms with Crippen molar-refractivity contribution in [2.24, 2.45) is 5.92 Å². The van der Waals surface area contributed by atoms with Gasteiger partial charge in [-0.3, -0.25) is 4.79 Å². The first-order chi connectivity index (χ1) is 17.5. The molecule has 2 N–H and O–H groups in total. The number of pyridine rings is 1. The van der Waals surface area contributed by atoms with Crippen molar-refractivity contribution in [2.75, 3.05) is 17.7 Å². The number of anilines is 2. The van der Waals surface area contributed by atoms with Crippen LogP contribution in [0.4, 0.5) is 20.2 Å². The maximum Gasteiger partial charge on any atom is 0.356 e. The van der Waals surface area contributed by atoms with Crippen molar-refractivity contribution in [3.63, 3.8) is 0 Å². The lowest BCUT2D eigenvalue weighted by atomic mass is 10.2. The third kappa shape index (κ3) is 4.64. The molecular formula is C27H24F2N4O3. The fourth-order valence-corrected chi connectivity index (χ4v) is 4.14. The normalized spacial score (nSPS) is 13.0. The molecule has 4 aromatic rings. The average molecular weight is 491 g/mol. The van der Waals surface area contributed by atoms with E-state index >= 15 is 0 Å². The second-order valence-corrected chi connectivity index (χ2v) is 8.70. The minimum atomic E-state index is -0.657. The summed E-state index contributed by atoms with van der Waals surface area (Å²) < 4.78 is 35.0. The van der Waals surface area contributed by atoms with Crippen LogP contribution >= 0.6 is 0 Å². The Bertz CT molecular complexity index is 1430. The van der Waals surface area contributed by atoms with E-state index in [-0.39, 0.29) is 29.6 Å². The van der Waals surface area contributed by atoms with Gasteiger partial charge in [-0.15, -0.1) is 0 Å². The number of nitrogens with zero attached hydrogens (tertiary/aromatic N) is 2. The summed E-state index contributed by atoms with van der Waals surface area (Å²) in [5.41, 5.74) is 2.25. The van der Waals surface area contributed by atoms with E-state index in [4.69, 9.17) is 4.74 Å². The van der Waals surface area contributed by atoms with Crippen LogP contribution in [0, 0.1) is 17.6 Å². The second-order valence-electron chi connectivity index (χ2n) is 8.70. The number of aromatic nitrogens is 2. The van der Waals surface area contributed by atoms with Gasteiger partial charge in [-0.25, -0.2) is 18.6 Å². The smallest absolute Gasteiger partial charge is 0.356 e. The molecule has 36 heavy (non-hydrogen) atoms. The number of rotatable bonds is 8. The average Bonchev–Trinajstić information content (AvgIpc) is 3.69. The summed E-state index contributed by atoms with van der Waals surface area (Å²) in [5, 5.41) is 6.41. The van der Waals surface area contributed by atoms with Crippen molar-refractivity contribution >= 4 is 34.3 Å². The molecule has 9 heteroatoms. The van der Waals surface area contributed by atoms with Gasteiger partial charge in [0.2, 0.25) is 5.91 Å². The summed E-state index contributed by atoms with van der Waals surface area (Å²) in [7, 11) is 1.28. The van der Waals surface area contributed by atoms with Crippen LogP contribution in [-0.4, -0.2) is 28.5 Å². The number of benzene rings is 2. The summed E-state index contributed by atoms with van der Waals surface area (Å²) >= 11 is 0. The van der Waals surface area contributed by atoms with Gasteiger partial charge in [0.1, 0.15) is 17.3 Å². The summed E-state index contributed by atoms with van der Waals surface area (Å²) in [4.78, 5) is 30.2. The molecule has 0 spiro atoms. The predicted octanol–water partition coefficient (Wildman–Crippen LogP) is 5.11. The molecule has 7 nitrogen and oxygen atoms in total. The van der Waals surface area contributed by atoms with Crippen LogP contribution < -0.4 is 10.6 Å². The van der Waals surface area contributed by atoms with Crippen LogP contribution in [0.25, 0.3) is 11.0 Å². The highest BCUT2D eigenvalue weighted by Gasteiger charge is 2.33. The van der Waals surface area contributed by atoms with Crippen LogP contribution in [0.5, 0.6) is 0 Å². The molecule has 2 heterocycles. The van der Waals surface area contributed by atoms with E-state index in [0.717, 1.165) is 18.4 Å². The molecule has 5 rings (SSSR count). The van der Waals surface area contributed by atoms with Gasteiger partial charge < -0.3 is 19.9 Å². The molecule has 2 aromatic carbocycles. The number of methoxy groups -OCH3 is 1. The van der Waals surface area contributed by atoms with Gasteiger partial charge in [-0.1, -0.05) is 36.4 Å². The molecule has 1 aliphatic carbocycles. The summed E-state index contributed by atoms with van der Waals surface area (Å²) in [6.07, 6.45) is 3.11. The Kier molecular flexibility index (Phi) is 6.37. The fraction of sp³-hybridized carbons (Fsp3) is 0.222. The zero-order chi connectivity index (χ0) is 25.2. The number of ether oxygens (including phenoxy) is 1. The molecule has 0 aliphatic heterocycles. The number of fused-ring (bicyclic) bond motifs is 1. The van der Waals surface area contributed by atoms with Gasteiger partial charge in [0, 0.05) is 30.0 Å². The van der Waals surface area contributed by atoms with E-state index < -0.39 is 17.6 Å². The third-order valence-corrected chi connectivity index (χ3v) is 6.19. The Hall–Kier alpha value is -4.27. The zero-order valence-corrected chi connectivity index (χ0v) is 19.6. The van der Waals surface area contributed by atoms with Gasteiger partial charge in [-0.2, -0.15) is 0 Å². The number of amides is 1. The highest BCUT2D eigenvalue weighted by atomic mass is 19.1. The Morgan fingerprint density at radius 1 is 1.08 bits per heavy atom. The maximum atomic E-state index is 14.1. The molecule has 1 saturated carbocycles. The predicted molar refractivity (Wildman–Crippen MR) is 132 cm³/mol. The first-order valence-corrected chi connectivity index (χ1v) is 11.6. The van der Waals surface area contributed by atoms with E-state index in [1.807, 2.05) is 30.3 Å². The van der Waals surface area contributed by atoms with Crippen LogP contribution in [0.1, 0.15) is 34.5 Å². The lowest BCUT2D eigenvalue weighted by Crippen LogP contribution is -2.18. The maximum absolute atomic E-state index is 14.1. The molecule has 1 aliphatic rings. The van der Waals surface area contributed by atoms with Crippen LogP contribution in [0.3, 0.4) is 0 Å². The minimum Gasteiger partial charge on any atom is -0.464 e. The Balaban J connectivity index is 1.59. The van der Waals surface area contributed by atoms with Crippen molar-refractivity contribution in [3.05, 3.63) is 89.2 Å². The van der Waals surface area contributed by atoms with Crippen molar-refractivity contribution in [1.82, 2.24) is 9.55 Å². The van der Waals surface area contributed by atoms with Gasteiger partial charge in [0.05, 0.1) is 24.7 Å². The van der Waals surface area contributed by atoms with Crippen LogP contribution in [0.15, 0.2) is 60.8 Å². The molecule has 1 amide bonds. The lowest BCUT2D eigenvalue weighted by Gasteiger charge is -2.11. The highest BCUT2D eigenvalue weighted by molar-refractivity contribution is 6.11. The molecule has 0 unspecified atom stereocenters. The van der Waals surface area contributed by atoms with Crippen LogP contribution in [0.2, 0.25) is 0 Å². The number of carbonyl (C=O) groups is 2. The Morgan fingerprint density at radius 2 is 1.81 bits per heavy atom. The Labute approximate surface area is 206 Å². The number of nitrogens with one attached hydrogen (secondary N) is 2. The standard InChI is InChI=1S/C27H24F2N4O3/c1-36-27(35)24-23(32-26(34)17-10-11-17)19-12-18(30-14-20-21(28)8-5-9-22(20)29)13-31-25(19)33(24)15-16-6-3-2-4-7-16/h2-9,12-13,17,30H,10-11,14-15H2,1H3,(H,32,34). The highest BCUT2D eigenvalue weighted by Crippen LogP contribution is 2.36. The van der Waals surface area contributed by atoms with Crippen LogP contribution in [-0.2, 0) is 22.6 Å². The van der Waals surface area contributed by atoms with Crippen molar-refractivity contribution in [2.45, 2.75) is 25.9 Å². The first kappa shape index (κ1) is 23.5. The quantitative estimate of drug-likeness (QED) is 0.335. The van der Waals surface area contributed by atoms with Gasteiger partial charge in [0.25, 0.3) is 0 Å². The molecule has 0 radical (unpaired) electrons. The molecule has 0 saturated heterocycles. The largest absolute Gasteiger partial charge is 0.464 e. The van der Waals surface area contributed by atoms with Crippen molar-refractivity contribution < 1.29 is 23.1 Å². The topological polar surface area (TPSA) is 85.2 Å². The molecule has 1 fully saturated rings. The number of hydrogen-bond acceptors (Lipinski definition) is 5. The van der Waals surface area contributed by atoms with E-state index in [1.54, 1.807) is 10.6 Å². The van der Waals surface area contributed by atoms with Gasteiger partial charge in [-0.05, 0) is 36.6 Å². The fourth-order valence-electron chi connectivity index (χ4n) is 4.14. The molecule has 184 valence electrons. The molecular weight excluding hydrogens is 466 g/mol. The summed E-state index contributed by atoms with van der Waals surface area (Å²) in [6.45, 7) is 0.214. The molecule has 2 aromatic heterocycles. The summed E-state index contributed by atoms with van der Waals surface area (Å²) in [5.74, 6) is -2.20. The number of carbonyl (C=O) groups excluding carboxylic acids is 2. The minimum absolute atomic E-state index is 0.0960. The van der Waals surface area contributed by atoms with E-state index in [2.05, 4.69) is 15.6 Å². The third-order valence-electron chi connectivity index (χ3n) is 6.19. The number of esters is 1. The van der Waals surface area contributed by atoms with Crippen molar-refractivity contribution in [3.8, 4) is 0 Å². The number of halogens is 2. The summed E-state index contributed by atoms with van der Waals surface area (Å²) in [6, 6.07) is 14.9. The van der Waals surface area contributed by atoms with Gasteiger partial charge >= 0.3 is 5.97 Å². The van der Waals surface area contributed by atoms with Crippen molar-refractivity contribution in [1.29, 1.82) is 0 Å². The first-order valence-electron chi connectivity index (χ1n) is 11.6.